The summed E-state index contributed by atoms with van der Waals surface area (Å²) in [6.07, 6.45) is 7.15. The van der Waals surface area contributed by atoms with E-state index in [4.69, 9.17) is 0 Å². The van der Waals surface area contributed by atoms with E-state index >= 15 is 0 Å². The van der Waals surface area contributed by atoms with E-state index in [0.29, 0.717) is 17.9 Å². The van der Waals surface area contributed by atoms with Gasteiger partial charge in [-0.1, -0.05) is 13.3 Å². The van der Waals surface area contributed by atoms with E-state index in [-0.39, 0.29) is 6.04 Å². The van der Waals surface area contributed by atoms with Gasteiger partial charge in [0, 0.05) is 12.6 Å². The van der Waals surface area contributed by atoms with E-state index in [2.05, 4.69) is 16.7 Å². The third-order valence-electron chi connectivity index (χ3n) is 5.75. The molecule has 0 spiro atoms. The summed E-state index contributed by atoms with van der Waals surface area (Å²) in [6.45, 7) is 6.77. The fourth-order valence-electron chi connectivity index (χ4n) is 4.83. The molecule has 4 heteroatoms. The fraction of sp³-hybridized carbons (Fsp3) is 0.938. The highest BCUT2D eigenvalue weighted by atomic mass is 16.4. The highest BCUT2D eigenvalue weighted by molar-refractivity contribution is 5.74. The zero-order valence-corrected chi connectivity index (χ0v) is 12.6. The molecule has 3 atom stereocenters. The minimum absolute atomic E-state index is 0.190. The summed E-state index contributed by atoms with van der Waals surface area (Å²) in [5.41, 5.74) is 0. The smallest absolute Gasteiger partial charge is 0.321 e. The van der Waals surface area contributed by atoms with Crippen molar-refractivity contribution in [3.63, 3.8) is 0 Å². The molecular weight excluding hydrogens is 252 g/mol. The van der Waals surface area contributed by atoms with Gasteiger partial charge in [-0.15, -0.1) is 0 Å². The maximum Gasteiger partial charge on any atom is 0.321 e. The molecule has 0 aromatic rings. The minimum atomic E-state index is -0.574. The van der Waals surface area contributed by atoms with Gasteiger partial charge in [0.25, 0.3) is 0 Å². The first-order valence-corrected chi connectivity index (χ1v) is 8.41. The molecule has 2 aliphatic heterocycles. The zero-order chi connectivity index (χ0) is 14.1. The Kier molecular flexibility index (Phi) is 4.32. The number of piperidine rings is 1. The Balaban J connectivity index is 1.63. The van der Waals surface area contributed by atoms with Crippen molar-refractivity contribution in [2.24, 2.45) is 11.8 Å². The fourth-order valence-corrected chi connectivity index (χ4v) is 4.83. The average Bonchev–Trinajstić information content (AvgIpc) is 2.99. The Morgan fingerprint density at radius 1 is 1.20 bits per heavy atom. The van der Waals surface area contributed by atoms with Crippen molar-refractivity contribution < 1.29 is 9.90 Å². The molecule has 0 radical (unpaired) electrons. The van der Waals surface area contributed by atoms with Gasteiger partial charge in [-0.05, 0) is 63.6 Å². The predicted molar refractivity (Wildman–Crippen MR) is 78.7 cm³/mol. The molecule has 3 fully saturated rings. The second-order valence-electron chi connectivity index (χ2n) is 6.91. The molecule has 20 heavy (non-hydrogen) atoms. The number of hydrogen-bond acceptors (Lipinski definition) is 3. The summed E-state index contributed by atoms with van der Waals surface area (Å²) in [5.74, 6) is 0.515. The van der Waals surface area contributed by atoms with Crippen LogP contribution in [0.15, 0.2) is 0 Å². The van der Waals surface area contributed by atoms with Crippen LogP contribution in [0.25, 0.3) is 0 Å². The van der Waals surface area contributed by atoms with Gasteiger partial charge in [-0.3, -0.25) is 9.69 Å². The number of nitrogens with zero attached hydrogens (tertiary/aromatic N) is 2. The van der Waals surface area contributed by atoms with Gasteiger partial charge in [0.2, 0.25) is 0 Å². The molecule has 4 nitrogen and oxygen atoms in total. The highest BCUT2D eigenvalue weighted by Crippen LogP contribution is 2.44. The molecule has 0 aromatic carbocycles. The van der Waals surface area contributed by atoms with Gasteiger partial charge in [0.15, 0.2) is 0 Å². The summed E-state index contributed by atoms with van der Waals surface area (Å²) in [5, 5.41) is 9.65. The first kappa shape index (κ1) is 14.3. The maximum absolute atomic E-state index is 11.7. The monoisotopic (exact) mass is 280 g/mol. The molecule has 114 valence electrons. The van der Waals surface area contributed by atoms with Crippen LogP contribution in [0, 0.1) is 11.8 Å². The van der Waals surface area contributed by atoms with Crippen LogP contribution in [-0.4, -0.2) is 59.1 Å². The average molecular weight is 280 g/mol. The van der Waals surface area contributed by atoms with Crippen molar-refractivity contribution in [1.82, 2.24) is 9.80 Å². The number of hydrogen-bond donors (Lipinski definition) is 1. The van der Waals surface area contributed by atoms with Crippen molar-refractivity contribution in [2.45, 2.75) is 57.5 Å². The number of carbonyl (C=O) groups is 1. The van der Waals surface area contributed by atoms with Crippen molar-refractivity contribution in [3.8, 4) is 0 Å². The van der Waals surface area contributed by atoms with Crippen LogP contribution < -0.4 is 0 Å². The van der Waals surface area contributed by atoms with Crippen LogP contribution in [0.5, 0.6) is 0 Å². The molecule has 1 N–H and O–H groups in total. The molecule has 1 saturated carbocycles. The van der Waals surface area contributed by atoms with Crippen LogP contribution >= 0.6 is 0 Å². The van der Waals surface area contributed by atoms with Crippen molar-refractivity contribution in [3.05, 3.63) is 0 Å². The first-order chi connectivity index (χ1) is 9.70. The molecule has 1 aliphatic carbocycles. The second-order valence-corrected chi connectivity index (χ2v) is 6.91. The molecule has 2 heterocycles. The van der Waals surface area contributed by atoms with Crippen LogP contribution in [0.2, 0.25) is 0 Å². The van der Waals surface area contributed by atoms with Crippen molar-refractivity contribution in [2.75, 3.05) is 26.2 Å². The molecule has 3 rings (SSSR count). The maximum atomic E-state index is 11.7. The minimum Gasteiger partial charge on any atom is -0.480 e. The Morgan fingerprint density at radius 2 is 1.95 bits per heavy atom. The van der Waals surface area contributed by atoms with Gasteiger partial charge in [-0.2, -0.15) is 0 Å². The third-order valence-corrected chi connectivity index (χ3v) is 5.75. The Labute approximate surface area is 122 Å². The summed E-state index contributed by atoms with van der Waals surface area (Å²) >= 11 is 0. The topological polar surface area (TPSA) is 43.8 Å². The largest absolute Gasteiger partial charge is 0.480 e. The van der Waals surface area contributed by atoms with Crippen LogP contribution in [0.3, 0.4) is 0 Å². The van der Waals surface area contributed by atoms with Gasteiger partial charge >= 0.3 is 5.97 Å². The number of carboxylic acids is 1. The van der Waals surface area contributed by atoms with E-state index in [1.54, 1.807) is 0 Å². The van der Waals surface area contributed by atoms with E-state index in [9.17, 15) is 9.90 Å². The lowest BCUT2D eigenvalue weighted by Gasteiger charge is -2.39. The number of fused-ring (bicyclic) bond motifs is 1. The van der Waals surface area contributed by atoms with Gasteiger partial charge < -0.3 is 10.0 Å². The standard InChI is InChI=1S/C16H28N2O2/c1-2-8-17-9-6-13(7-10-17)18-11-12-4-3-5-14(12)15(18)16(19)20/h12-15H,2-11H2,1H3,(H,19,20). The normalized spacial score (nSPS) is 36.4. The summed E-state index contributed by atoms with van der Waals surface area (Å²) in [7, 11) is 0. The predicted octanol–water partition coefficient (Wildman–Crippen LogP) is 2.05. The first-order valence-electron chi connectivity index (χ1n) is 8.41. The quantitative estimate of drug-likeness (QED) is 0.856. The lowest BCUT2D eigenvalue weighted by atomic mass is 9.93. The van der Waals surface area contributed by atoms with E-state index in [0.717, 1.165) is 38.9 Å². The molecule has 3 unspecified atom stereocenters. The van der Waals surface area contributed by atoms with Crippen molar-refractivity contribution >= 4 is 5.97 Å². The molecule has 2 saturated heterocycles. The molecule has 0 aromatic heterocycles. The number of likely N-dealkylation sites (tertiary alicyclic amines) is 2. The van der Waals surface area contributed by atoms with E-state index < -0.39 is 5.97 Å². The third kappa shape index (κ3) is 2.60. The Hall–Kier alpha value is -0.610. The summed E-state index contributed by atoms with van der Waals surface area (Å²) in [6, 6.07) is 0.319. The van der Waals surface area contributed by atoms with Crippen LogP contribution in [0.1, 0.15) is 45.4 Å². The number of carboxylic acid groups (broad SMARTS) is 1. The van der Waals surface area contributed by atoms with Gasteiger partial charge in [0.1, 0.15) is 6.04 Å². The SMILES string of the molecule is CCCN1CCC(N2CC3CCCC3C2C(=O)O)CC1. The number of aliphatic carboxylic acids is 1. The lowest BCUT2D eigenvalue weighted by molar-refractivity contribution is -0.144. The lowest BCUT2D eigenvalue weighted by Crippen LogP contribution is -2.50. The Morgan fingerprint density at radius 3 is 2.60 bits per heavy atom. The molecule has 0 amide bonds. The van der Waals surface area contributed by atoms with Gasteiger partial charge in [0.05, 0.1) is 0 Å². The van der Waals surface area contributed by atoms with Crippen LogP contribution in [0.4, 0.5) is 0 Å². The van der Waals surface area contributed by atoms with Gasteiger partial charge in [-0.25, -0.2) is 0 Å². The molecule has 0 bridgehead atoms. The van der Waals surface area contributed by atoms with E-state index in [1.165, 1.54) is 25.8 Å². The molecular formula is C16H28N2O2. The second kappa shape index (κ2) is 6.02. The summed E-state index contributed by atoms with van der Waals surface area (Å²) < 4.78 is 0. The zero-order valence-electron chi connectivity index (χ0n) is 12.6. The van der Waals surface area contributed by atoms with Crippen molar-refractivity contribution in [1.29, 1.82) is 0 Å². The van der Waals surface area contributed by atoms with Crippen LogP contribution in [-0.2, 0) is 4.79 Å². The highest BCUT2D eigenvalue weighted by Gasteiger charge is 2.49. The molecule has 3 aliphatic rings. The van der Waals surface area contributed by atoms with E-state index in [1.807, 2.05) is 0 Å². The summed E-state index contributed by atoms with van der Waals surface area (Å²) in [4.78, 5) is 16.6. The Bertz CT molecular complexity index is 352. The number of rotatable bonds is 4.